The van der Waals surface area contributed by atoms with Crippen LogP contribution in [0.2, 0.25) is 0 Å². The molecule has 1 saturated heterocycles. The van der Waals surface area contributed by atoms with Gasteiger partial charge in [-0.25, -0.2) is 13.2 Å². The molecule has 4 aromatic carbocycles. The Bertz CT molecular complexity index is 1790. The topological polar surface area (TPSA) is 97.4 Å². The van der Waals surface area contributed by atoms with Gasteiger partial charge < -0.3 is 24.0 Å². The molecule has 0 saturated carbocycles. The first-order valence-electron chi connectivity index (χ1n) is 16.2. The molecule has 1 atom stereocenters. The SMILES string of the molecule is Cc1c(NS(C)(=O)=O)cccc1N(Cc1ccccc1)Cc1ccc(Oc2cccc(OCC3CCN(C(=O)OC(C)(C)C)C3)c2)cc1. The van der Waals surface area contributed by atoms with E-state index in [0.717, 1.165) is 35.1 Å². The predicted molar refractivity (Wildman–Crippen MR) is 190 cm³/mol. The Morgan fingerprint density at radius 2 is 1.54 bits per heavy atom. The molecule has 1 amide bonds. The Morgan fingerprint density at radius 3 is 2.23 bits per heavy atom. The third-order valence-corrected chi connectivity index (χ3v) is 8.51. The van der Waals surface area contributed by atoms with Crippen molar-refractivity contribution in [3.05, 3.63) is 114 Å². The van der Waals surface area contributed by atoms with Gasteiger partial charge in [-0.05, 0) is 87.2 Å². The fraction of sp³-hybridized carbons (Fsp3) is 0.342. The number of carbonyl (C=O) groups is 1. The molecule has 0 radical (unpaired) electrons. The zero-order chi connectivity index (χ0) is 34.3. The van der Waals surface area contributed by atoms with Crippen molar-refractivity contribution in [3.8, 4) is 17.2 Å². The van der Waals surface area contributed by atoms with Crippen LogP contribution in [0.15, 0.2) is 97.1 Å². The number of benzene rings is 4. The molecule has 1 fully saturated rings. The van der Waals surface area contributed by atoms with Gasteiger partial charge >= 0.3 is 6.09 Å². The molecule has 1 aliphatic rings. The van der Waals surface area contributed by atoms with Gasteiger partial charge in [0.25, 0.3) is 0 Å². The second-order valence-corrected chi connectivity index (χ2v) is 15.0. The maximum Gasteiger partial charge on any atom is 0.410 e. The monoisotopic (exact) mass is 671 g/mol. The summed E-state index contributed by atoms with van der Waals surface area (Å²) in [7, 11) is -3.42. The van der Waals surface area contributed by atoms with Crippen molar-refractivity contribution in [2.45, 2.75) is 52.8 Å². The van der Waals surface area contributed by atoms with Crippen molar-refractivity contribution in [3.63, 3.8) is 0 Å². The van der Waals surface area contributed by atoms with E-state index in [2.05, 4.69) is 21.8 Å². The van der Waals surface area contributed by atoms with Crippen molar-refractivity contribution in [2.75, 3.05) is 35.6 Å². The van der Waals surface area contributed by atoms with Crippen molar-refractivity contribution < 1.29 is 27.4 Å². The molecule has 4 aromatic rings. The fourth-order valence-electron chi connectivity index (χ4n) is 5.63. The van der Waals surface area contributed by atoms with Crippen LogP contribution in [0, 0.1) is 12.8 Å². The number of likely N-dealkylation sites (tertiary alicyclic amines) is 1. The van der Waals surface area contributed by atoms with E-state index in [1.165, 1.54) is 0 Å². The summed E-state index contributed by atoms with van der Waals surface area (Å²) in [6.45, 7) is 10.6. The number of rotatable bonds is 12. The minimum atomic E-state index is -3.42. The lowest BCUT2D eigenvalue weighted by atomic mass is 10.1. The number of carbonyl (C=O) groups excluding carboxylic acids is 1. The lowest BCUT2D eigenvalue weighted by Crippen LogP contribution is -2.35. The number of ether oxygens (including phenoxy) is 3. The number of amides is 1. The smallest absolute Gasteiger partial charge is 0.410 e. The molecule has 0 spiro atoms. The molecule has 9 nitrogen and oxygen atoms in total. The first-order chi connectivity index (χ1) is 22.8. The number of anilines is 2. The molecule has 1 heterocycles. The minimum absolute atomic E-state index is 0.235. The quantitative estimate of drug-likeness (QED) is 0.163. The lowest BCUT2D eigenvalue weighted by molar-refractivity contribution is 0.0284. The van der Waals surface area contributed by atoms with Crippen LogP contribution in [0.25, 0.3) is 0 Å². The van der Waals surface area contributed by atoms with Gasteiger partial charge in [-0.2, -0.15) is 0 Å². The molecule has 1 unspecified atom stereocenters. The zero-order valence-corrected chi connectivity index (χ0v) is 29.1. The van der Waals surface area contributed by atoms with Crippen LogP contribution in [-0.2, 0) is 27.8 Å². The van der Waals surface area contributed by atoms with Gasteiger partial charge in [0.2, 0.25) is 10.0 Å². The average Bonchev–Trinajstić information content (AvgIpc) is 3.51. The Hall–Kier alpha value is -4.70. The van der Waals surface area contributed by atoms with E-state index < -0.39 is 15.6 Å². The standard InChI is InChI=1S/C38H45N3O6S/c1-28-35(39-48(5,43)44)15-10-16-36(28)41(24-29-11-7-6-8-12-29)25-30-17-19-32(20-18-30)46-34-14-9-13-33(23-34)45-27-31-21-22-40(26-31)37(42)47-38(2,3)4/h6-20,23,31,39H,21-22,24-27H2,1-5H3. The van der Waals surface area contributed by atoms with E-state index in [1.54, 1.807) is 11.0 Å². The highest BCUT2D eigenvalue weighted by atomic mass is 32.2. The first kappa shape index (κ1) is 34.6. The maximum atomic E-state index is 12.4. The Balaban J connectivity index is 1.22. The van der Waals surface area contributed by atoms with Crippen molar-refractivity contribution in [1.29, 1.82) is 0 Å². The van der Waals surface area contributed by atoms with Crippen LogP contribution in [0.5, 0.6) is 17.2 Å². The van der Waals surface area contributed by atoms with E-state index in [-0.39, 0.29) is 12.0 Å². The summed E-state index contributed by atoms with van der Waals surface area (Å²) in [5.41, 5.74) is 4.08. The highest BCUT2D eigenvalue weighted by Crippen LogP contribution is 2.31. The second kappa shape index (κ2) is 15.0. The van der Waals surface area contributed by atoms with Gasteiger partial charge in [0, 0.05) is 43.9 Å². The highest BCUT2D eigenvalue weighted by Gasteiger charge is 2.30. The molecule has 0 aliphatic carbocycles. The number of sulfonamides is 1. The molecule has 10 heteroatoms. The van der Waals surface area contributed by atoms with Crippen molar-refractivity contribution >= 4 is 27.5 Å². The molecular weight excluding hydrogens is 627 g/mol. The van der Waals surface area contributed by atoms with Crippen LogP contribution in [0.4, 0.5) is 16.2 Å². The summed E-state index contributed by atoms with van der Waals surface area (Å²) < 4.78 is 44.4. The van der Waals surface area contributed by atoms with Crippen molar-refractivity contribution in [1.82, 2.24) is 4.90 Å². The number of hydrogen-bond donors (Lipinski definition) is 1. The third-order valence-electron chi connectivity index (χ3n) is 7.92. The highest BCUT2D eigenvalue weighted by molar-refractivity contribution is 7.92. The minimum Gasteiger partial charge on any atom is -0.493 e. The van der Waals surface area contributed by atoms with E-state index in [4.69, 9.17) is 14.2 Å². The maximum absolute atomic E-state index is 12.4. The predicted octanol–water partition coefficient (Wildman–Crippen LogP) is 8.00. The molecule has 1 aliphatic heterocycles. The normalized spacial score (nSPS) is 14.8. The zero-order valence-electron chi connectivity index (χ0n) is 28.3. The Kier molecular flexibility index (Phi) is 10.8. The van der Waals surface area contributed by atoms with Crippen molar-refractivity contribution in [2.24, 2.45) is 5.92 Å². The molecule has 48 heavy (non-hydrogen) atoms. The summed E-state index contributed by atoms with van der Waals surface area (Å²) in [4.78, 5) is 16.4. The van der Waals surface area contributed by atoms with Crippen LogP contribution in [0.1, 0.15) is 43.9 Å². The van der Waals surface area contributed by atoms with Gasteiger partial charge in [0.05, 0.1) is 18.6 Å². The molecule has 0 aromatic heterocycles. The van der Waals surface area contributed by atoms with Crippen LogP contribution in [-0.4, -0.2) is 51.0 Å². The van der Waals surface area contributed by atoms with E-state index in [1.807, 2.05) is 107 Å². The summed E-state index contributed by atoms with van der Waals surface area (Å²) in [6, 6.07) is 31.4. The molecule has 5 rings (SSSR count). The van der Waals surface area contributed by atoms with Crippen LogP contribution in [0.3, 0.4) is 0 Å². The Morgan fingerprint density at radius 1 is 0.875 bits per heavy atom. The van der Waals surface area contributed by atoms with Gasteiger partial charge in [-0.3, -0.25) is 4.72 Å². The largest absolute Gasteiger partial charge is 0.493 e. The number of nitrogens with zero attached hydrogens (tertiary/aromatic N) is 2. The molecule has 1 N–H and O–H groups in total. The summed E-state index contributed by atoms with van der Waals surface area (Å²) in [5, 5.41) is 0. The average molecular weight is 672 g/mol. The first-order valence-corrected chi connectivity index (χ1v) is 18.0. The van der Waals surface area contributed by atoms with E-state index >= 15 is 0 Å². The second-order valence-electron chi connectivity index (χ2n) is 13.3. The number of nitrogens with one attached hydrogen (secondary N) is 1. The van der Waals surface area contributed by atoms with Crippen LogP contribution >= 0.6 is 0 Å². The molecule has 254 valence electrons. The molecular formula is C38H45N3O6S. The lowest BCUT2D eigenvalue weighted by Gasteiger charge is -2.28. The number of hydrogen-bond acceptors (Lipinski definition) is 7. The summed E-state index contributed by atoms with van der Waals surface area (Å²) in [6.07, 6.45) is 1.75. The summed E-state index contributed by atoms with van der Waals surface area (Å²) in [5.74, 6) is 2.31. The van der Waals surface area contributed by atoms with Gasteiger partial charge in [0.1, 0.15) is 22.8 Å². The summed E-state index contributed by atoms with van der Waals surface area (Å²) >= 11 is 0. The Labute approximate surface area is 284 Å². The molecule has 0 bridgehead atoms. The van der Waals surface area contributed by atoms with Crippen LogP contribution < -0.4 is 19.1 Å². The van der Waals surface area contributed by atoms with Gasteiger partial charge in [-0.15, -0.1) is 0 Å². The fourth-order valence-corrected chi connectivity index (χ4v) is 6.25. The van der Waals surface area contributed by atoms with E-state index in [0.29, 0.717) is 55.7 Å². The van der Waals surface area contributed by atoms with Gasteiger partial charge in [-0.1, -0.05) is 54.6 Å². The van der Waals surface area contributed by atoms with E-state index in [9.17, 15) is 13.2 Å². The van der Waals surface area contributed by atoms with Gasteiger partial charge in [0.15, 0.2) is 0 Å². The third kappa shape index (κ3) is 10.1.